The number of amides is 2. The molecule has 0 heterocycles. The molecule has 2 amide bonds. The Balaban J connectivity index is 2.05. The number of benzene rings is 2. The average Bonchev–Trinajstić information content (AvgIpc) is 2.78. The fourth-order valence-corrected chi connectivity index (χ4v) is 4.31. The van der Waals surface area contributed by atoms with Crippen LogP contribution < -0.4 is 10.1 Å². The highest BCUT2D eigenvalue weighted by molar-refractivity contribution is 6.42. The third kappa shape index (κ3) is 9.43. The van der Waals surface area contributed by atoms with Crippen molar-refractivity contribution < 1.29 is 19.4 Å². The smallest absolute Gasteiger partial charge is 0.347 e. The van der Waals surface area contributed by atoms with E-state index in [-0.39, 0.29) is 16.1 Å². The van der Waals surface area contributed by atoms with E-state index < -0.39 is 11.6 Å². The number of ether oxygens (including phenoxy) is 1. The van der Waals surface area contributed by atoms with Crippen LogP contribution in [0, 0.1) is 0 Å². The predicted molar refractivity (Wildman–Crippen MR) is 143 cm³/mol. The summed E-state index contributed by atoms with van der Waals surface area (Å²) >= 11 is 18.5. The Bertz CT molecular complexity index is 974. The second kappa shape index (κ2) is 13.8. The number of carboxylic acids is 1. The van der Waals surface area contributed by atoms with Gasteiger partial charge in [0.25, 0.3) is 0 Å². The van der Waals surface area contributed by atoms with E-state index in [1.54, 1.807) is 17.0 Å². The number of hydrogen-bond acceptors (Lipinski definition) is 3. The highest BCUT2D eigenvalue weighted by Crippen LogP contribution is 2.34. The number of nitrogens with zero attached hydrogens (tertiary/aromatic N) is 1. The number of carbonyl (C=O) groups excluding carboxylic acids is 1. The zero-order valence-electron chi connectivity index (χ0n) is 20.4. The first-order valence-corrected chi connectivity index (χ1v) is 12.9. The Morgan fingerprint density at radius 3 is 2.14 bits per heavy atom. The number of halogens is 3. The van der Waals surface area contributed by atoms with E-state index in [0.29, 0.717) is 36.0 Å². The molecule has 2 aromatic rings. The number of aliphatic carboxylic acids is 1. The second-order valence-electron chi connectivity index (χ2n) is 8.89. The van der Waals surface area contributed by atoms with Crippen LogP contribution >= 0.6 is 34.8 Å². The summed E-state index contributed by atoms with van der Waals surface area (Å²) in [6.45, 7) is 6.26. The molecule has 0 radical (unpaired) electrons. The predicted octanol–water partition coefficient (Wildman–Crippen LogP) is 7.94. The van der Waals surface area contributed by atoms with Crippen molar-refractivity contribution in [3.05, 3.63) is 57.0 Å². The van der Waals surface area contributed by atoms with Gasteiger partial charge in [0, 0.05) is 18.1 Å². The van der Waals surface area contributed by atoms with Gasteiger partial charge in [-0.05, 0) is 56.5 Å². The molecule has 2 aromatic carbocycles. The molecule has 6 nitrogen and oxygen atoms in total. The molecule has 2 rings (SSSR count). The molecule has 0 atom stereocenters. The summed E-state index contributed by atoms with van der Waals surface area (Å²) < 4.78 is 5.56. The lowest BCUT2D eigenvalue weighted by Crippen LogP contribution is -2.38. The number of rotatable bonds is 13. The van der Waals surface area contributed by atoms with Crippen molar-refractivity contribution in [3.8, 4) is 5.75 Å². The van der Waals surface area contributed by atoms with Crippen molar-refractivity contribution >= 4 is 52.5 Å². The molecular formula is C26H33Cl3N2O4. The summed E-state index contributed by atoms with van der Waals surface area (Å²) in [7, 11) is 0. The van der Waals surface area contributed by atoms with Gasteiger partial charge in [0.15, 0.2) is 5.60 Å². The van der Waals surface area contributed by atoms with E-state index in [9.17, 15) is 14.7 Å². The molecule has 0 aromatic heterocycles. The molecule has 9 heteroatoms. The van der Waals surface area contributed by atoms with E-state index in [0.717, 1.165) is 31.2 Å². The van der Waals surface area contributed by atoms with Crippen molar-refractivity contribution in [2.24, 2.45) is 0 Å². The first kappa shape index (κ1) is 29.1. The highest BCUT2D eigenvalue weighted by Gasteiger charge is 2.29. The van der Waals surface area contributed by atoms with Gasteiger partial charge in [0.2, 0.25) is 0 Å². The minimum atomic E-state index is -1.32. The Morgan fingerprint density at radius 2 is 1.57 bits per heavy atom. The average molecular weight is 544 g/mol. The SMILES string of the molecule is CCCCCCCN(CCc1ccc(OC(C)(C)C(=O)O)cc1)C(=O)Nc1c(Cl)cc(Cl)cc1Cl. The van der Waals surface area contributed by atoms with Crippen LogP contribution in [0.2, 0.25) is 15.1 Å². The molecule has 0 saturated heterocycles. The number of carboxylic acid groups (broad SMARTS) is 1. The second-order valence-corrected chi connectivity index (χ2v) is 10.1. The summed E-state index contributed by atoms with van der Waals surface area (Å²) in [5.41, 5.74) is 0.0105. The van der Waals surface area contributed by atoms with Gasteiger partial charge in [-0.15, -0.1) is 0 Å². The Kier molecular flexibility index (Phi) is 11.5. The molecule has 2 N–H and O–H groups in total. The van der Waals surface area contributed by atoms with Crippen LogP contribution in [0.5, 0.6) is 5.75 Å². The molecule has 192 valence electrons. The van der Waals surface area contributed by atoms with Gasteiger partial charge >= 0.3 is 12.0 Å². The molecule has 0 aliphatic heterocycles. The minimum absolute atomic E-state index is 0.276. The van der Waals surface area contributed by atoms with Crippen LogP contribution in [0.1, 0.15) is 58.4 Å². The lowest BCUT2D eigenvalue weighted by atomic mass is 10.1. The van der Waals surface area contributed by atoms with Crippen LogP contribution in [0.15, 0.2) is 36.4 Å². The number of hydrogen-bond donors (Lipinski definition) is 2. The molecule has 0 aliphatic carbocycles. The van der Waals surface area contributed by atoms with Crippen LogP contribution in [-0.4, -0.2) is 40.7 Å². The lowest BCUT2D eigenvalue weighted by Gasteiger charge is -2.24. The molecule has 0 unspecified atom stereocenters. The van der Waals surface area contributed by atoms with Crippen molar-refractivity contribution in [1.29, 1.82) is 0 Å². The number of unbranched alkanes of at least 4 members (excludes halogenated alkanes) is 4. The fraction of sp³-hybridized carbons (Fsp3) is 0.462. The maximum Gasteiger partial charge on any atom is 0.347 e. The van der Waals surface area contributed by atoms with E-state index in [4.69, 9.17) is 39.5 Å². The van der Waals surface area contributed by atoms with Gasteiger partial charge in [-0.25, -0.2) is 9.59 Å². The topological polar surface area (TPSA) is 78.9 Å². The maximum atomic E-state index is 13.1. The number of carbonyl (C=O) groups is 2. The van der Waals surface area contributed by atoms with Crippen LogP contribution in [0.3, 0.4) is 0 Å². The van der Waals surface area contributed by atoms with Gasteiger partial charge in [-0.3, -0.25) is 0 Å². The van der Waals surface area contributed by atoms with Crippen molar-refractivity contribution in [2.45, 2.75) is 64.9 Å². The van der Waals surface area contributed by atoms with Gasteiger partial charge in [0.05, 0.1) is 15.7 Å². The van der Waals surface area contributed by atoms with Crippen LogP contribution in [0.4, 0.5) is 10.5 Å². The highest BCUT2D eigenvalue weighted by atomic mass is 35.5. The molecule has 35 heavy (non-hydrogen) atoms. The quantitative estimate of drug-likeness (QED) is 0.251. The lowest BCUT2D eigenvalue weighted by molar-refractivity contribution is -0.152. The molecule has 0 bridgehead atoms. The number of urea groups is 1. The van der Waals surface area contributed by atoms with Gasteiger partial charge in [0.1, 0.15) is 5.75 Å². The summed E-state index contributed by atoms with van der Waals surface area (Å²) in [4.78, 5) is 26.1. The zero-order chi connectivity index (χ0) is 26.0. The maximum absolute atomic E-state index is 13.1. The minimum Gasteiger partial charge on any atom is -0.478 e. The van der Waals surface area contributed by atoms with Gasteiger partial charge in [-0.1, -0.05) is 79.5 Å². The van der Waals surface area contributed by atoms with Gasteiger partial charge in [-0.2, -0.15) is 0 Å². The van der Waals surface area contributed by atoms with Crippen molar-refractivity contribution in [3.63, 3.8) is 0 Å². The van der Waals surface area contributed by atoms with Crippen LogP contribution in [0.25, 0.3) is 0 Å². The monoisotopic (exact) mass is 542 g/mol. The van der Waals surface area contributed by atoms with E-state index >= 15 is 0 Å². The third-order valence-corrected chi connectivity index (χ3v) is 6.35. The molecule has 0 aliphatic rings. The molecule has 0 fully saturated rings. The fourth-order valence-electron chi connectivity index (χ4n) is 3.40. The third-order valence-electron chi connectivity index (χ3n) is 5.54. The van der Waals surface area contributed by atoms with Crippen molar-refractivity contribution in [1.82, 2.24) is 4.90 Å². The molecule has 0 spiro atoms. The normalized spacial score (nSPS) is 11.3. The first-order valence-electron chi connectivity index (χ1n) is 11.7. The Labute approximate surface area is 222 Å². The van der Waals surface area contributed by atoms with E-state index in [1.807, 2.05) is 12.1 Å². The Hall–Kier alpha value is -2.15. The first-order chi connectivity index (χ1) is 16.5. The Morgan fingerprint density at radius 1 is 0.971 bits per heavy atom. The summed E-state index contributed by atoms with van der Waals surface area (Å²) in [6, 6.07) is 10.0. The van der Waals surface area contributed by atoms with Gasteiger partial charge < -0.3 is 20.1 Å². The standard InChI is InChI=1S/C26H33Cl3N2O4/c1-4-5-6-7-8-14-31(25(34)30-23-21(28)16-19(27)17-22(23)29)15-13-18-9-11-20(12-10-18)35-26(2,3)24(32)33/h9-12,16-17H,4-8,13-15H2,1-3H3,(H,30,34)(H,32,33). The largest absolute Gasteiger partial charge is 0.478 e. The van der Waals surface area contributed by atoms with Crippen molar-refractivity contribution in [2.75, 3.05) is 18.4 Å². The molecular weight excluding hydrogens is 511 g/mol. The summed E-state index contributed by atoms with van der Waals surface area (Å²) in [5.74, 6) is -0.568. The zero-order valence-corrected chi connectivity index (χ0v) is 22.6. The summed E-state index contributed by atoms with van der Waals surface area (Å²) in [6.07, 6.45) is 6.02. The molecule has 0 saturated carbocycles. The summed E-state index contributed by atoms with van der Waals surface area (Å²) in [5, 5.41) is 13.0. The van der Waals surface area contributed by atoms with Crippen LogP contribution in [-0.2, 0) is 11.2 Å². The number of anilines is 1. The number of nitrogens with one attached hydrogen (secondary N) is 1. The van der Waals surface area contributed by atoms with E-state index in [1.165, 1.54) is 32.4 Å². The van der Waals surface area contributed by atoms with E-state index in [2.05, 4.69) is 12.2 Å².